The first-order chi connectivity index (χ1) is 15.2. The molecule has 0 aromatic heterocycles. The summed E-state index contributed by atoms with van der Waals surface area (Å²) in [6.07, 6.45) is 8.82. The molecule has 1 saturated carbocycles. The second-order valence-corrected chi connectivity index (χ2v) is 10.4. The number of benzene rings is 2. The second kappa shape index (κ2) is 10.8. The highest BCUT2D eigenvalue weighted by Gasteiger charge is 2.29. The van der Waals surface area contributed by atoms with E-state index in [1.54, 1.807) is 29.6 Å². The van der Waals surface area contributed by atoms with Crippen molar-refractivity contribution >= 4 is 23.5 Å². The summed E-state index contributed by atoms with van der Waals surface area (Å²) in [6.45, 7) is 4.06. The fraction of sp³-hybridized carbons (Fsp3) is 0.480. The minimum Gasteiger partial charge on any atom is -0.507 e. The zero-order valence-electron chi connectivity index (χ0n) is 18.2. The van der Waals surface area contributed by atoms with Gasteiger partial charge >= 0.3 is 0 Å². The Balaban J connectivity index is 1.37. The molecule has 164 valence electrons. The molecule has 0 radical (unpaired) electrons. The van der Waals surface area contributed by atoms with E-state index >= 15 is 0 Å². The van der Waals surface area contributed by atoms with Gasteiger partial charge in [0.15, 0.2) is 0 Å². The third-order valence-electron chi connectivity index (χ3n) is 6.52. The summed E-state index contributed by atoms with van der Waals surface area (Å²) in [6, 6.07) is 17.1. The molecule has 1 unspecified atom stereocenters. The molecule has 0 bridgehead atoms. The van der Waals surface area contributed by atoms with E-state index in [-0.39, 0.29) is 6.04 Å². The highest BCUT2D eigenvalue weighted by atomic mass is 32.2. The van der Waals surface area contributed by atoms with Crippen molar-refractivity contribution in [3.63, 3.8) is 0 Å². The molecule has 2 fully saturated rings. The van der Waals surface area contributed by atoms with E-state index in [2.05, 4.69) is 40.1 Å². The Morgan fingerprint density at radius 1 is 0.968 bits per heavy atom. The van der Waals surface area contributed by atoms with Crippen molar-refractivity contribution in [3.05, 3.63) is 48.0 Å². The summed E-state index contributed by atoms with van der Waals surface area (Å²) in [4.78, 5) is 7.95. The Bertz CT molecular complexity index is 898. The lowest BCUT2D eigenvalue weighted by atomic mass is 9.93. The van der Waals surface area contributed by atoms with Gasteiger partial charge in [-0.25, -0.2) is 0 Å². The van der Waals surface area contributed by atoms with Crippen LogP contribution in [0, 0.1) is 11.3 Å². The summed E-state index contributed by atoms with van der Waals surface area (Å²) in [5.41, 5.74) is 1.06. The van der Waals surface area contributed by atoms with Crippen molar-refractivity contribution in [1.29, 1.82) is 5.26 Å². The van der Waals surface area contributed by atoms with Gasteiger partial charge in [-0.05, 0) is 55.0 Å². The summed E-state index contributed by atoms with van der Waals surface area (Å²) >= 11 is 3.17. The lowest BCUT2D eigenvalue weighted by molar-refractivity contribution is 0.0676. The van der Waals surface area contributed by atoms with Crippen molar-refractivity contribution < 1.29 is 5.11 Å². The zero-order valence-corrected chi connectivity index (χ0v) is 19.8. The summed E-state index contributed by atoms with van der Waals surface area (Å²) in [5, 5.41) is 20.2. The van der Waals surface area contributed by atoms with E-state index < -0.39 is 0 Å². The van der Waals surface area contributed by atoms with Gasteiger partial charge in [0, 0.05) is 42.0 Å². The van der Waals surface area contributed by atoms with Crippen LogP contribution in [0.5, 0.6) is 5.75 Å². The molecule has 1 aliphatic carbocycles. The molecule has 0 amide bonds. The zero-order chi connectivity index (χ0) is 21.6. The average molecular weight is 454 g/mol. The molecular weight excluding hydrogens is 422 g/mol. The van der Waals surface area contributed by atoms with Gasteiger partial charge in [-0.15, -0.1) is 11.8 Å². The molecule has 1 saturated heterocycles. The maximum atomic E-state index is 10.3. The van der Waals surface area contributed by atoms with Gasteiger partial charge in [0.05, 0.1) is 11.0 Å². The average Bonchev–Trinajstić information content (AvgIpc) is 2.83. The Morgan fingerprint density at radius 2 is 1.65 bits per heavy atom. The summed E-state index contributed by atoms with van der Waals surface area (Å²) < 4.78 is 0. The molecule has 1 N–H and O–H groups in total. The molecule has 4 rings (SSSR count). The Kier molecular flexibility index (Phi) is 7.84. The molecule has 1 atom stereocenters. The Morgan fingerprint density at radius 3 is 2.26 bits per heavy atom. The lowest BCUT2D eigenvalue weighted by Gasteiger charge is -2.42. The number of phenols is 1. The molecule has 4 nitrogen and oxygen atoms in total. The van der Waals surface area contributed by atoms with Crippen LogP contribution in [-0.4, -0.2) is 53.4 Å². The molecule has 2 aliphatic rings. The molecular formula is C25H31N3OS2. The quantitative estimate of drug-likeness (QED) is 0.560. The van der Waals surface area contributed by atoms with Gasteiger partial charge in [0.2, 0.25) is 0 Å². The maximum Gasteiger partial charge on any atom is 0.130 e. The molecule has 2 aromatic rings. The largest absolute Gasteiger partial charge is 0.507 e. The summed E-state index contributed by atoms with van der Waals surface area (Å²) in [7, 11) is 0. The first-order valence-electron chi connectivity index (χ1n) is 11.2. The Labute approximate surface area is 194 Å². The monoisotopic (exact) mass is 453 g/mol. The molecule has 1 heterocycles. The van der Waals surface area contributed by atoms with Crippen LogP contribution in [0.1, 0.15) is 43.7 Å². The predicted octanol–water partition coefficient (Wildman–Crippen LogP) is 5.78. The highest BCUT2D eigenvalue weighted by Crippen LogP contribution is 2.37. The predicted molar refractivity (Wildman–Crippen MR) is 129 cm³/mol. The Hall–Kier alpha value is -1.65. The number of piperazine rings is 1. The van der Waals surface area contributed by atoms with Gasteiger partial charge in [-0.2, -0.15) is 5.26 Å². The molecule has 31 heavy (non-hydrogen) atoms. The van der Waals surface area contributed by atoms with Crippen LogP contribution in [0.3, 0.4) is 0 Å². The van der Waals surface area contributed by atoms with Gasteiger partial charge in [0.1, 0.15) is 11.8 Å². The van der Waals surface area contributed by atoms with Gasteiger partial charge in [-0.3, -0.25) is 9.80 Å². The van der Waals surface area contributed by atoms with E-state index in [0.29, 0.717) is 5.75 Å². The standard InChI is InChI=1S/C25H31N3OS2/c1-30-22-11-12-25(24(29)17-22)31-21-9-7-19(8-10-21)23(18-26)28-15-13-27(14-16-28)20-5-3-2-4-6-20/h7-12,17,20,23,29H,2-6,13-16H2,1H3. The number of phenolic OH excluding ortho intramolecular Hbond substituents is 1. The van der Waals surface area contributed by atoms with E-state index in [9.17, 15) is 10.4 Å². The van der Waals surface area contributed by atoms with Crippen molar-refractivity contribution in [2.75, 3.05) is 32.4 Å². The lowest BCUT2D eigenvalue weighted by Crippen LogP contribution is -2.51. The number of nitriles is 1. The van der Waals surface area contributed by atoms with E-state index in [1.165, 1.54) is 32.1 Å². The van der Waals surface area contributed by atoms with Crippen LogP contribution in [0.15, 0.2) is 57.2 Å². The molecule has 0 spiro atoms. The van der Waals surface area contributed by atoms with E-state index in [1.807, 2.05) is 18.4 Å². The number of aromatic hydroxyl groups is 1. The second-order valence-electron chi connectivity index (χ2n) is 8.40. The van der Waals surface area contributed by atoms with Crippen LogP contribution >= 0.6 is 23.5 Å². The van der Waals surface area contributed by atoms with Crippen LogP contribution < -0.4 is 0 Å². The minimum atomic E-state index is -0.193. The smallest absolute Gasteiger partial charge is 0.130 e. The van der Waals surface area contributed by atoms with Crippen molar-refractivity contribution in [3.8, 4) is 11.8 Å². The van der Waals surface area contributed by atoms with Gasteiger partial charge in [-0.1, -0.05) is 43.2 Å². The fourth-order valence-electron chi connectivity index (χ4n) is 4.73. The number of thioether (sulfide) groups is 1. The third kappa shape index (κ3) is 5.59. The van der Waals surface area contributed by atoms with Crippen molar-refractivity contribution in [2.24, 2.45) is 0 Å². The number of hydrogen-bond acceptors (Lipinski definition) is 6. The van der Waals surface area contributed by atoms with Crippen LogP contribution in [0.25, 0.3) is 0 Å². The number of rotatable bonds is 6. The van der Waals surface area contributed by atoms with Gasteiger partial charge < -0.3 is 5.11 Å². The van der Waals surface area contributed by atoms with Crippen LogP contribution in [0.2, 0.25) is 0 Å². The van der Waals surface area contributed by atoms with Crippen molar-refractivity contribution in [2.45, 2.75) is 58.9 Å². The van der Waals surface area contributed by atoms with E-state index in [0.717, 1.165) is 52.5 Å². The van der Waals surface area contributed by atoms with Gasteiger partial charge in [0.25, 0.3) is 0 Å². The fourth-order valence-corrected chi connectivity index (χ4v) is 5.99. The first-order valence-corrected chi connectivity index (χ1v) is 13.2. The third-order valence-corrected chi connectivity index (χ3v) is 8.32. The number of nitrogens with zero attached hydrogens (tertiary/aromatic N) is 3. The summed E-state index contributed by atoms with van der Waals surface area (Å²) in [5.74, 6) is 0.312. The normalized spacial score (nSPS) is 19.7. The van der Waals surface area contributed by atoms with Crippen LogP contribution in [0.4, 0.5) is 0 Å². The van der Waals surface area contributed by atoms with Crippen molar-refractivity contribution in [1.82, 2.24) is 9.80 Å². The number of hydrogen-bond donors (Lipinski definition) is 1. The SMILES string of the molecule is CSc1ccc(Sc2ccc(C(C#N)N3CCN(C4CCCCC4)CC3)cc2)c(O)c1. The topological polar surface area (TPSA) is 50.5 Å². The van der Waals surface area contributed by atoms with E-state index in [4.69, 9.17) is 0 Å². The van der Waals surface area contributed by atoms with Crippen LogP contribution in [-0.2, 0) is 0 Å². The molecule has 1 aliphatic heterocycles. The highest BCUT2D eigenvalue weighted by molar-refractivity contribution is 7.99. The minimum absolute atomic E-state index is 0.193. The molecule has 6 heteroatoms. The molecule has 2 aromatic carbocycles. The first kappa shape index (κ1) is 22.5. The maximum absolute atomic E-state index is 10.3.